The average Bonchev–Trinajstić information content (AvgIpc) is 2.72. The van der Waals surface area contributed by atoms with Gasteiger partial charge in [-0.3, -0.25) is 18.8 Å². The van der Waals surface area contributed by atoms with Crippen molar-refractivity contribution >= 4 is 5.82 Å². The minimum atomic E-state index is -0.591. The first kappa shape index (κ1) is 19.9. The molecule has 1 aliphatic heterocycles. The first-order valence-electron chi connectivity index (χ1n) is 9.26. The molecule has 1 aromatic carbocycles. The zero-order valence-electron chi connectivity index (χ0n) is 16.4. The number of morpholine rings is 1. The van der Waals surface area contributed by atoms with Gasteiger partial charge in [0.25, 0.3) is 5.56 Å². The number of aromatic nitrogens is 2. The van der Waals surface area contributed by atoms with E-state index >= 15 is 0 Å². The van der Waals surface area contributed by atoms with Crippen LogP contribution in [0.5, 0.6) is 0 Å². The molecule has 1 fully saturated rings. The molecule has 0 aliphatic carbocycles. The Balaban J connectivity index is 1.94. The fraction of sp³-hybridized carbons (Fsp3) is 0.450. The number of ether oxygens (including phenoxy) is 1. The summed E-state index contributed by atoms with van der Waals surface area (Å²) < 4.78 is 7.73. The lowest BCUT2D eigenvalue weighted by molar-refractivity contribution is 0.0187. The molecule has 8 nitrogen and oxygen atoms in total. The van der Waals surface area contributed by atoms with E-state index in [2.05, 4.69) is 34.5 Å². The van der Waals surface area contributed by atoms with Crippen molar-refractivity contribution in [1.82, 2.24) is 14.0 Å². The second-order valence-corrected chi connectivity index (χ2v) is 7.00. The number of nitriles is 1. The monoisotopic (exact) mass is 383 g/mol. The number of rotatable bonds is 5. The zero-order chi connectivity index (χ0) is 20.3. The van der Waals surface area contributed by atoms with Gasteiger partial charge in [0.05, 0.1) is 19.3 Å². The smallest absolute Gasteiger partial charge is 0.332 e. The van der Waals surface area contributed by atoms with E-state index in [0.717, 1.165) is 23.2 Å². The molecule has 28 heavy (non-hydrogen) atoms. The Morgan fingerprint density at radius 3 is 2.39 bits per heavy atom. The molecule has 1 saturated heterocycles. The minimum Gasteiger partial charge on any atom is -0.379 e. The van der Waals surface area contributed by atoms with Gasteiger partial charge in [-0.2, -0.15) is 5.26 Å². The number of hydrogen-bond donors (Lipinski definition) is 1. The molecule has 2 heterocycles. The van der Waals surface area contributed by atoms with Gasteiger partial charge >= 0.3 is 5.69 Å². The summed E-state index contributed by atoms with van der Waals surface area (Å²) in [6.45, 7) is 5.41. The van der Waals surface area contributed by atoms with E-state index in [-0.39, 0.29) is 17.4 Å². The summed E-state index contributed by atoms with van der Waals surface area (Å²) >= 11 is 0. The second kappa shape index (κ2) is 8.42. The van der Waals surface area contributed by atoms with Crippen LogP contribution in [0.1, 0.15) is 22.7 Å². The lowest BCUT2D eigenvalue weighted by Crippen LogP contribution is -2.43. The average molecular weight is 383 g/mol. The van der Waals surface area contributed by atoms with Crippen LogP contribution in [0.2, 0.25) is 0 Å². The summed E-state index contributed by atoms with van der Waals surface area (Å²) in [7, 11) is 2.93. The van der Waals surface area contributed by atoms with Crippen molar-refractivity contribution in [2.24, 2.45) is 14.1 Å². The Hall–Kier alpha value is -2.89. The second-order valence-electron chi connectivity index (χ2n) is 7.00. The number of benzene rings is 1. The maximum Gasteiger partial charge on any atom is 0.332 e. The Kier molecular flexibility index (Phi) is 5.97. The van der Waals surface area contributed by atoms with Crippen LogP contribution in [0.25, 0.3) is 0 Å². The van der Waals surface area contributed by atoms with Crippen LogP contribution in [-0.2, 0) is 18.8 Å². The van der Waals surface area contributed by atoms with Crippen molar-refractivity contribution in [3.8, 4) is 6.07 Å². The van der Waals surface area contributed by atoms with Crippen LogP contribution >= 0.6 is 0 Å². The third-order valence-electron chi connectivity index (χ3n) is 5.19. The van der Waals surface area contributed by atoms with E-state index in [0.29, 0.717) is 19.8 Å². The molecule has 0 saturated carbocycles. The van der Waals surface area contributed by atoms with Crippen LogP contribution in [0.3, 0.4) is 0 Å². The van der Waals surface area contributed by atoms with Gasteiger partial charge in [-0.25, -0.2) is 4.79 Å². The van der Waals surface area contributed by atoms with Gasteiger partial charge in [0, 0.05) is 33.7 Å². The fourth-order valence-electron chi connectivity index (χ4n) is 3.48. The van der Waals surface area contributed by atoms with Gasteiger partial charge in [-0.05, 0) is 12.5 Å². The molecule has 1 N–H and O–H groups in total. The summed E-state index contributed by atoms with van der Waals surface area (Å²) in [5, 5.41) is 12.7. The molecule has 1 aliphatic rings. The molecule has 8 heteroatoms. The molecule has 0 radical (unpaired) electrons. The maximum atomic E-state index is 12.3. The first-order valence-corrected chi connectivity index (χ1v) is 9.26. The van der Waals surface area contributed by atoms with Gasteiger partial charge in [0.15, 0.2) is 5.56 Å². The van der Waals surface area contributed by atoms with Gasteiger partial charge in [0.2, 0.25) is 0 Å². The van der Waals surface area contributed by atoms with E-state index in [9.17, 15) is 14.9 Å². The molecular weight excluding hydrogens is 358 g/mol. The van der Waals surface area contributed by atoms with Crippen molar-refractivity contribution in [2.45, 2.75) is 13.0 Å². The van der Waals surface area contributed by atoms with E-state index < -0.39 is 11.2 Å². The highest BCUT2D eigenvalue weighted by atomic mass is 16.5. The first-order chi connectivity index (χ1) is 13.4. The van der Waals surface area contributed by atoms with E-state index in [4.69, 9.17) is 4.74 Å². The van der Waals surface area contributed by atoms with Crippen LogP contribution in [0.4, 0.5) is 5.82 Å². The Morgan fingerprint density at radius 1 is 1.14 bits per heavy atom. The highest BCUT2D eigenvalue weighted by Crippen LogP contribution is 2.23. The Labute approximate surface area is 163 Å². The molecule has 1 unspecified atom stereocenters. The number of nitrogens with zero attached hydrogens (tertiary/aromatic N) is 4. The van der Waals surface area contributed by atoms with Gasteiger partial charge in [-0.15, -0.1) is 0 Å². The molecule has 0 spiro atoms. The Morgan fingerprint density at radius 2 is 1.79 bits per heavy atom. The number of anilines is 1. The maximum absolute atomic E-state index is 12.3. The molecule has 3 rings (SSSR count). The van der Waals surface area contributed by atoms with Gasteiger partial charge < -0.3 is 10.1 Å². The standard InChI is InChI=1S/C20H25N5O3/c1-14-4-6-15(7-5-14)17(25-8-10-28-11-9-25)13-22-18-16(12-21)19(26)24(3)20(27)23(18)2/h4-7,17,22H,8-11,13H2,1-3H3. The van der Waals surface area contributed by atoms with Crippen molar-refractivity contribution < 1.29 is 4.74 Å². The zero-order valence-corrected chi connectivity index (χ0v) is 16.4. The summed E-state index contributed by atoms with van der Waals surface area (Å²) in [4.78, 5) is 26.9. The summed E-state index contributed by atoms with van der Waals surface area (Å²) in [6.07, 6.45) is 0. The fourth-order valence-corrected chi connectivity index (χ4v) is 3.48. The predicted octanol–water partition coefficient (Wildman–Crippen LogP) is 0.750. The third kappa shape index (κ3) is 3.86. The third-order valence-corrected chi connectivity index (χ3v) is 5.19. The van der Waals surface area contributed by atoms with E-state index in [1.807, 2.05) is 13.0 Å². The number of hydrogen-bond acceptors (Lipinski definition) is 6. The highest BCUT2D eigenvalue weighted by molar-refractivity contribution is 5.51. The van der Waals surface area contributed by atoms with Crippen molar-refractivity contribution in [1.29, 1.82) is 5.26 Å². The largest absolute Gasteiger partial charge is 0.379 e. The van der Waals surface area contributed by atoms with Crippen LogP contribution in [0, 0.1) is 18.3 Å². The van der Waals surface area contributed by atoms with E-state index in [1.165, 1.54) is 17.2 Å². The SMILES string of the molecule is Cc1ccc(C(CNc2c(C#N)c(=O)n(C)c(=O)n2C)N2CCOCC2)cc1. The molecule has 1 aromatic heterocycles. The van der Waals surface area contributed by atoms with Gasteiger partial charge in [-0.1, -0.05) is 29.8 Å². The molecule has 148 valence electrons. The van der Waals surface area contributed by atoms with E-state index in [1.54, 1.807) is 7.05 Å². The molecule has 1 atom stereocenters. The quantitative estimate of drug-likeness (QED) is 0.819. The van der Waals surface area contributed by atoms with Crippen molar-refractivity contribution in [2.75, 3.05) is 38.2 Å². The predicted molar refractivity (Wildman–Crippen MR) is 106 cm³/mol. The lowest BCUT2D eigenvalue weighted by Gasteiger charge is -2.35. The summed E-state index contributed by atoms with van der Waals surface area (Å²) in [5.41, 5.74) is 1.19. The number of aryl methyl sites for hydroxylation is 1. The highest BCUT2D eigenvalue weighted by Gasteiger charge is 2.24. The summed E-state index contributed by atoms with van der Waals surface area (Å²) in [6, 6.07) is 10.3. The molecule has 2 aromatic rings. The molecule has 0 amide bonds. The van der Waals surface area contributed by atoms with Crippen LogP contribution < -0.4 is 16.6 Å². The molecular formula is C20H25N5O3. The topological polar surface area (TPSA) is 92.3 Å². The van der Waals surface area contributed by atoms with Crippen molar-refractivity contribution in [3.63, 3.8) is 0 Å². The van der Waals surface area contributed by atoms with Crippen molar-refractivity contribution in [3.05, 3.63) is 61.8 Å². The van der Waals surface area contributed by atoms with Gasteiger partial charge in [0.1, 0.15) is 11.9 Å². The number of nitrogens with one attached hydrogen (secondary N) is 1. The Bertz CT molecular complexity index is 995. The lowest BCUT2D eigenvalue weighted by atomic mass is 10.0. The normalized spacial score (nSPS) is 15.8. The van der Waals surface area contributed by atoms with Crippen LogP contribution in [-0.4, -0.2) is 46.9 Å². The van der Waals surface area contributed by atoms with Crippen LogP contribution in [0.15, 0.2) is 33.9 Å². The minimum absolute atomic E-state index is 0.0233. The summed E-state index contributed by atoms with van der Waals surface area (Å²) in [5.74, 6) is 0.251. The molecule has 0 bridgehead atoms.